The van der Waals surface area contributed by atoms with Gasteiger partial charge in [0.05, 0.1) is 19.3 Å². The zero-order valence-corrected chi connectivity index (χ0v) is 18.5. The van der Waals surface area contributed by atoms with Crippen molar-refractivity contribution in [2.24, 2.45) is 11.8 Å². The molecule has 3 N–H and O–H groups in total. The largest absolute Gasteiger partial charge is 0.383 e. The molecule has 1 saturated heterocycles. The van der Waals surface area contributed by atoms with Gasteiger partial charge in [-0.15, -0.1) is 0 Å². The van der Waals surface area contributed by atoms with Crippen molar-refractivity contribution in [3.63, 3.8) is 0 Å². The fourth-order valence-corrected chi connectivity index (χ4v) is 3.43. The molecule has 0 bridgehead atoms. The Kier molecular flexibility index (Phi) is 8.19. The van der Waals surface area contributed by atoms with E-state index in [0.717, 1.165) is 12.8 Å². The minimum atomic E-state index is -0.796. The molecular weight excluding hydrogens is 374 g/mol. The van der Waals surface area contributed by atoms with E-state index < -0.39 is 23.7 Å². The number of ketones is 1. The van der Waals surface area contributed by atoms with Crippen molar-refractivity contribution in [2.45, 2.75) is 83.6 Å². The van der Waals surface area contributed by atoms with Gasteiger partial charge in [-0.2, -0.15) is 0 Å². The molecule has 2 fully saturated rings. The minimum Gasteiger partial charge on any atom is -0.383 e. The van der Waals surface area contributed by atoms with Gasteiger partial charge in [-0.05, 0) is 38.0 Å². The average Bonchev–Trinajstić information content (AvgIpc) is 3.54. The van der Waals surface area contributed by atoms with Crippen LogP contribution in [0.5, 0.6) is 0 Å². The van der Waals surface area contributed by atoms with Gasteiger partial charge in [0.2, 0.25) is 11.8 Å². The number of rotatable bonds is 13. The molecule has 1 saturated carbocycles. The van der Waals surface area contributed by atoms with Gasteiger partial charge in [0.1, 0.15) is 17.7 Å². The first kappa shape index (κ1) is 23.8. The van der Waals surface area contributed by atoms with E-state index in [4.69, 9.17) is 9.47 Å². The Labute approximate surface area is 173 Å². The van der Waals surface area contributed by atoms with Gasteiger partial charge < -0.3 is 25.4 Å². The number of epoxide rings is 1. The number of hydrogen-bond donors (Lipinski definition) is 3. The molecule has 1 aliphatic carbocycles. The monoisotopic (exact) mass is 411 g/mol. The Balaban J connectivity index is 2.05. The summed E-state index contributed by atoms with van der Waals surface area (Å²) in [6.07, 6.45) is 2.30. The lowest BCUT2D eigenvalue weighted by molar-refractivity contribution is -0.134. The molecule has 29 heavy (non-hydrogen) atoms. The van der Waals surface area contributed by atoms with Crippen LogP contribution in [0.2, 0.25) is 0 Å². The van der Waals surface area contributed by atoms with Gasteiger partial charge in [0.25, 0.3) is 0 Å². The summed E-state index contributed by atoms with van der Waals surface area (Å²) in [4.78, 5) is 38.6. The molecule has 1 unspecified atom stereocenters. The van der Waals surface area contributed by atoms with E-state index in [-0.39, 0.29) is 42.1 Å². The average molecular weight is 412 g/mol. The molecule has 1 aliphatic heterocycles. The number of carbonyl (C=O) groups excluding carboxylic acids is 3. The lowest BCUT2D eigenvalue weighted by Gasteiger charge is -2.27. The van der Waals surface area contributed by atoms with Crippen molar-refractivity contribution in [2.75, 3.05) is 20.3 Å². The molecular formula is C21H37N3O5. The maximum absolute atomic E-state index is 13.0. The molecule has 0 aromatic rings. The molecule has 2 amide bonds. The second kappa shape index (κ2) is 10.00. The number of methoxy groups -OCH3 is 1. The summed E-state index contributed by atoms with van der Waals surface area (Å²) in [5.74, 6) is -0.327. The minimum absolute atomic E-state index is 0.0980. The number of amides is 2. The van der Waals surface area contributed by atoms with Crippen LogP contribution < -0.4 is 16.0 Å². The Hall–Kier alpha value is -1.51. The standard InChI is InChI=1S/C21H37N3O5/c1-12(2)9-15(18(25)21(5)11-29-21)23-20(27)17(14-7-8-14)24-19(26)16(10-28-6)22-13(3)4/h12-17,22H,7-11H2,1-6H3,(H,23,27)(H,24,26)/t15?,16-,17-,21+/m0/s1. The fraction of sp³-hybridized carbons (Fsp3) is 0.857. The molecule has 2 aliphatic rings. The van der Waals surface area contributed by atoms with E-state index >= 15 is 0 Å². The van der Waals surface area contributed by atoms with Crippen LogP contribution in [0.3, 0.4) is 0 Å². The van der Waals surface area contributed by atoms with Crippen LogP contribution in [0, 0.1) is 11.8 Å². The molecule has 8 heteroatoms. The van der Waals surface area contributed by atoms with Crippen molar-refractivity contribution in [3.8, 4) is 0 Å². The number of Topliss-reactive ketones (excluding diaryl/α,β-unsaturated/α-hetero) is 1. The normalized spacial score (nSPS) is 24.1. The third-order valence-corrected chi connectivity index (χ3v) is 5.30. The number of ether oxygens (including phenoxy) is 2. The van der Waals surface area contributed by atoms with Gasteiger partial charge in [-0.25, -0.2) is 0 Å². The zero-order valence-electron chi connectivity index (χ0n) is 18.5. The summed E-state index contributed by atoms with van der Waals surface area (Å²) < 4.78 is 10.4. The Morgan fingerprint density at radius 1 is 1.07 bits per heavy atom. The van der Waals surface area contributed by atoms with Gasteiger partial charge >= 0.3 is 0 Å². The second-order valence-corrected chi connectivity index (χ2v) is 9.23. The summed E-state index contributed by atoms with van der Waals surface area (Å²) in [6, 6.07) is -1.70. The molecule has 4 atom stereocenters. The van der Waals surface area contributed by atoms with Gasteiger partial charge in [0.15, 0.2) is 5.78 Å². The fourth-order valence-electron chi connectivity index (χ4n) is 3.43. The van der Waals surface area contributed by atoms with Crippen LogP contribution in [0.1, 0.15) is 53.9 Å². The predicted molar refractivity (Wildman–Crippen MR) is 109 cm³/mol. The van der Waals surface area contributed by atoms with Crippen molar-refractivity contribution >= 4 is 17.6 Å². The van der Waals surface area contributed by atoms with Gasteiger partial charge in [-0.1, -0.05) is 27.7 Å². The summed E-state index contributed by atoms with van der Waals surface area (Å²) in [5, 5.41) is 8.94. The first-order chi connectivity index (χ1) is 13.6. The van der Waals surface area contributed by atoms with Crippen LogP contribution in [-0.4, -0.2) is 67.7 Å². The number of nitrogens with one attached hydrogen (secondary N) is 3. The highest BCUT2D eigenvalue weighted by molar-refractivity contribution is 5.98. The first-order valence-electron chi connectivity index (χ1n) is 10.6. The highest BCUT2D eigenvalue weighted by atomic mass is 16.6. The Bertz CT molecular complexity index is 599. The van der Waals surface area contributed by atoms with Crippen molar-refractivity contribution in [1.82, 2.24) is 16.0 Å². The maximum Gasteiger partial charge on any atom is 0.243 e. The summed E-state index contributed by atoms with van der Waals surface area (Å²) in [7, 11) is 1.54. The van der Waals surface area contributed by atoms with Gasteiger partial charge in [-0.3, -0.25) is 14.4 Å². The predicted octanol–water partition coefficient (Wildman–Crippen LogP) is 0.783. The molecule has 0 aromatic heterocycles. The summed E-state index contributed by atoms with van der Waals surface area (Å²) >= 11 is 0. The topological polar surface area (TPSA) is 109 Å². The molecule has 0 aromatic carbocycles. The summed E-state index contributed by atoms with van der Waals surface area (Å²) in [5.41, 5.74) is -0.796. The third-order valence-electron chi connectivity index (χ3n) is 5.30. The van der Waals surface area contributed by atoms with E-state index in [1.165, 1.54) is 7.11 Å². The molecule has 166 valence electrons. The van der Waals surface area contributed by atoms with Crippen molar-refractivity contribution in [3.05, 3.63) is 0 Å². The number of hydrogen-bond acceptors (Lipinski definition) is 6. The zero-order chi connectivity index (χ0) is 21.8. The van der Waals surface area contributed by atoms with E-state index in [9.17, 15) is 14.4 Å². The van der Waals surface area contributed by atoms with E-state index in [0.29, 0.717) is 13.0 Å². The summed E-state index contributed by atoms with van der Waals surface area (Å²) in [6.45, 7) is 10.3. The Morgan fingerprint density at radius 2 is 1.69 bits per heavy atom. The van der Waals surface area contributed by atoms with Crippen LogP contribution >= 0.6 is 0 Å². The van der Waals surface area contributed by atoms with E-state index in [2.05, 4.69) is 16.0 Å². The quantitative estimate of drug-likeness (QED) is 0.387. The molecule has 0 spiro atoms. The lowest BCUT2D eigenvalue weighted by atomic mass is 9.93. The maximum atomic E-state index is 13.0. The van der Waals surface area contributed by atoms with Gasteiger partial charge in [0, 0.05) is 13.2 Å². The Morgan fingerprint density at radius 3 is 2.14 bits per heavy atom. The van der Waals surface area contributed by atoms with Crippen LogP contribution in [0.4, 0.5) is 0 Å². The molecule has 1 heterocycles. The SMILES string of the molecule is COC[C@H](NC(C)C)C(=O)N[C@H](C(=O)NC(CC(C)C)C(=O)[C@@]1(C)CO1)C1CC1. The second-order valence-electron chi connectivity index (χ2n) is 9.23. The smallest absolute Gasteiger partial charge is 0.243 e. The highest BCUT2D eigenvalue weighted by Gasteiger charge is 2.50. The van der Waals surface area contributed by atoms with Crippen LogP contribution in [-0.2, 0) is 23.9 Å². The molecule has 2 rings (SSSR count). The van der Waals surface area contributed by atoms with Crippen molar-refractivity contribution < 1.29 is 23.9 Å². The molecule has 0 radical (unpaired) electrons. The third kappa shape index (κ3) is 7.04. The van der Waals surface area contributed by atoms with Crippen LogP contribution in [0.15, 0.2) is 0 Å². The number of carbonyl (C=O) groups is 3. The first-order valence-corrected chi connectivity index (χ1v) is 10.6. The van der Waals surface area contributed by atoms with Crippen LogP contribution in [0.25, 0.3) is 0 Å². The van der Waals surface area contributed by atoms with E-state index in [1.54, 1.807) is 6.92 Å². The lowest BCUT2D eigenvalue weighted by Crippen LogP contribution is -2.58. The van der Waals surface area contributed by atoms with E-state index in [1.807, 2.05) is 27.7 Å². The van der Waals surface area contributed by atoms with Crippen molar-refractivity contribution in [1.29, 1.82) is 0 Å². The molecule has 8 nitrogen and oxygen atoms in total. The highest BCUT2D eigenvalue weighted by Crippen LogP contribution is 2.33.